The minimum atomic E-state index is 0.0773. The van der Waals surface area contributed by atoms with Crippen LogP contribution in [0, 0.1) is 5.92 Å². The Bertz CT molecular complexity index is 303. The fraction of sp³-hybridized carbons (Fsp3) is 0.857. The molecular formula is C14H27N3O2. The molecular weight excluding hydrogens is 242 g/mol. The Labute approximate surface area is 115 Å². The molecule has 1 saturated carbocycles. The molecule has 5 nitrogen and oxygen atoms in total. The third kappa shape index (κ3) is 5.19. The predicted molar refractivity (Wildman–Crippen MR) is 75.5 cm³/mol. The number of nitrogens with one attached hydrogen (secondary N) is 1. The molecule has 0 aromatic carbocycles. The van der Waals surface area contributed by atoms with Crippen molar-refractivity contribution in [2.24, 2.45) is 11.7 Å². The van der Waals surface area contributed by atoms with Crippen molar-refractivity contribution in [3.05, 3.63) is 0 Å². The van der Waals surface area contributed by atoms with E-state index in [1.807, 2.05) is 18.7 Å². The van der Waals surface area contributed by atoms with Gasteiger partial charge in [-0.3, -0.25) is 9.59 Å². The van der Waals surface area contributed by atoms with E-state index in [4.69, 9.17) is 5.73 Å². The molecule has 1 aliphatic rings. The average Bonchev–Trinajstić information content (AvgIpc) is 2.82. The standard InChI is InChI=1S/C14H27N3O2/c1-3-17(4-2)13(18)6-5-9-16-14(19)11-7-8-12(15)10-11/h11-12H,3-10,15H2,1-2H3,(H,16,19). The Hall–Kier alpha value is -1.10. The number of hydrogen-bond donors (Lipinski definition) is 2. The van der Waals surface area contributed by atoms with Crippen LogP contribution in [0.2, 0.25) is 0 Å². The number of hydrogen-bond acceptors (Lipinski definition) is 3. The molecule has 3 N–H and O–H groups in total. The van der Waals surface area contributed by atoms with Crippen LogP contribution in [0.3, 0.4) is 0 Å². The molecule has 0 radical (unpaired) electrons. The maximum absolute atomic E-state index is 11.8. The van der Waals surface area contributed by atoms with Crippen molar-refractivity contribution < 1.29 is 9.59 Å². The van der Waals surface area contributed by atoms with E-state index >= 15 is 0 Å². The summed E-state index contributed by atoms with van der Waals surface area (Å²) in [5.41, 5.74) is 5.79. The lowest BCUT2D eigenvalue weighted by molar-refractivity contribution is -0.131. The molecule has 0 bridgehead atoms. The number of carbonyl (C=O) groups is 2. The van der Waals surface area contributed by atoms with Crippen molar-refractivity contribution in [3.8, 4) is 0 Å². The van der Waals surface area contributed by atoms with E-state index in [-0.39, 0.29) is 23.8 Å². The molecule has 19 heavy (non-hydrogen) atoms. The third-order valence-electron chi connectivity index (χ3n) is 3.83. The Morgan fingerprint density at radius 1 is 1.26 bits per heavy atom. The van der Waals surface area contributed by atoms with E-state index in [2.05, 4.69) is 5.32 Å². The second-order valence-electron chi connectivity index (χ2n) is 5.23. The number of carbonyl (C=O) groups excluding carboxylic acids is 2. The number of nitrogens with two attached hydrogens (primary N) is 1. The van der Waals surface area contributed by atoms with Gasteiger partial charge in [0.1, 0.15) is 0 Å². The Morgan fingerprint density at radius 2 is 1.95 bits per heavy atom. The molecule has 0 spiro atoms. The van der Waals surface area contributed by atoms with Crippen molar-refractivity contribution in [3.63, 3.8) is 0 Å². The topological polar surface area (TPSA) is 75.4 Å². The second-order valence-corrected chi connectivity index (χ2v) is 5.23. The molecule has 0 aromatic heterocycles. The van der Waals surface area contributed by atoms with E-state index in [1.165, 1.54) is 0 Å². The van der Waals surface area contributed by atoms with Crippen LogP contribution in [0.5, 0.6) is 0 Å². The van der Waals surface area contributed by atoms with Crippen LogP contribution < -0.4 is 11.1 Å². The van der Waals surface area contributed by atoms with Gasteiger partial charge in [0.05, 0.1) is 0 Å². The molecule has 110 valence electrons. The summed E-state index contributed by atoms with van der Waals surface area (Å²) in [7, 11) is 0. The van der Waals surface area contributed by atoms with Gasteiger partial charge in [-0.15, -0.1) is 0 Å². The van der Waals surface area contributed by atoms with Crippen molar-refractivity contribution in [1.82, 2.24) is 10.2 Å². The molecule has 5 heteroatoms. The molecule has 0 aromatic rings. The minimum Gasteiger partial charge on any atom is -0.356 e. The largest absolute Gasteiger partial charge is 0.356 e. The van der Waals surface area contributed by atoms with E-state index < -0.39 is 0 Å². The van der Waals surface area contributed by atoms with Gasteiger partial charge in [0, 0.05) is 38.0 Å². The van der Waals surface area contributed by atoms with Crippen LogP contribution in [-0.2, 0) is 9.59 Å². The summed E-state index contributed by atoms with van der Waals surface area (Å²) in [4.78, 5) is 25.4. The van der Waals surface area contributed by atoms with Gasteiger partial charge in [0.25, 0.3) is 0 Å². The molecule has 2 amide bonds. The first-order chi connectivity index (χ1) is 9.08. The lowest BCUT2D eigenvalue weighted by Gasteiger charge is -2.18. The zero-order chi connectivity index (χ0) is 14.3. The summed E-state index contributed by atoms with van der Waals surface area (Å²) in [5.74, 6) is 0.346. The first-order valence-electron chi connectivity index (χ1n) is 7.39. The van der Waals surface area contributed by atoms with Crippen molar-refractivity contribution >= 4 is 11.8 Å². The highest BCUT2D eigenvalue weighted by Gasteiger charge is 2.27. The lowest BCUT2D eigenvalue weighted by atomic mass is 10.1. The monoisotopic (exact) mass is 269 g/mol. The summed E-state index contributed by atoms with van der Waals surface area (Å²) in [5, 5.41) is 2.91. The number of amides is 2. The maximum Gasteiger partial charge on any atom is 0.223 e. The van der Waals surface area contributed by atoms with Gasteiger partial charge in [-0.1, -0.05) is 0 Å². The molecule has 1 fully saturated rings. The second kappa shape index (κ2) is 8.15. The van der Waals surface area contributed by atoms with Gasteiger partial charge in [-0.25, -0.2) is 0 Å². The summed E-state index contributed by atoms with van der Waals surface area (Å²) >= 11 is 0. The molecule has 0 saturated heterocycles. The normalized spacial score (nSPS) is 22.3. The summed E-state index contributed by atoms with van der Waals surface area (Å²) in [6.45, 7) is 6.04. The van der Waals surface area contributed by atoms with Crippen LogP contribution >= 0.6 is 0 Å². The van der Waals surface area contributed by atoms with Crippen molar-refractivity contribution in [2.45, 2.75) is 52.0 Å². The zero-order valence-electron chi connectivity index (χ0n) is 12.2. The fourth-order valence-corrected chi connectivity index (χ4v) is 2.58. The molecule has 1 rings (SSSR count). The Balaban J connectivity index is 2.13. The zero-order valence-corrected chi connectivity index (χ0v) is 12.2. The fourth-order valence-electron chi connectivity index (χ4n) is 2.58. The van der Waals surface area contributed by atoms with Gasteiger partial charge >= 0.3 is 0 Å². The van der Waals surface area contributed by atoms with E-state index in [0.717, 1.165) is 32.4 Å². The quantitative estimate of drug-likeness (QED) is 0.674. The van der Waals surface area contributed by atoms with Crippen molar-refractivity contribution in [2.75, 3.05) is 19.6 Å². The molecule has 2 unspecified atom stereocenters. The highest BCUT2D eigenvalue weighted by atomic mass is 16.2. The van der Waals surface area contributed by atoms with Gasteiger partial charge in [0.15, 0.2) is 0 Å². The van der Waals surface area contributed by atoms with Gasteiger partial charge in [-0.05, 0) is 39.5 Å². The van der Waals surface area contributed by atoms with E-state index in [9.17, 15) is 9.59 Å². The van der Waals surface area contributed by atoms with Crippen LogP contribution in [0.15, 0.2) is 0 Å². The third-order valence-corrected chi connectivity index (χ3v) is 3.83. The number of rotatable bonds is 7. The number of nitrogens with zero attached hydrogens (tertiary/aromatic N) is 1. The molecule has 0 heterocycles. The summed E-state index contributed by atoms with van der Waals surface area (Å²) < 4.78 is 0. The van der Waals surface area contributed by atoms with Crippen LogP contribution in [0.1, 0.15) is 46.0 Å². The van der Waals surface area contributed by atoms with E-state index in [0.29, 0.717) is 19.4 Å². The highest BCUT2D eigenvalue weighted by Crippen LogP contribution is 2.23. The van der Waals surface area contributed by atoms with Crippen LogP contribution in [0.25, 0.3) is 0 Å². The summed E-state index contributed by atoms with van der Waals surface area (Å²) in [6, 6.07) is 0.181. The summed E-state index contributed by atoms with van der Waals surface area (Å²) in [6.07, 6.45) is 3.85. The average molecular weight is 269 g/mol. The van der Waals surface area contributed by atoms with Crippen molar-refractivity contribution in [1.29, 1.82) is 0 Å². The molecule has 0 aliphatic heterocycles. The first kappa shape index (κ1) is 16.0. The lowest BCUT2D eigenvalue weighted by Crippen LogP contribution is -2.33. The smallest absolute Gasteiger partial charge is 0.223 e. The van der Waals surface area contributed by atoms with E-state index in [1.54, 1.807) is 0 Å². The molecule has 2 atom stereocenters. The van der Waals surface area contributed by atoms with Gasteiger partial charge in [-0.2, -0.15) is 0 Å². The SMILES string of the molecule is CCN(CC)C(=O)CCCNC(=O)C1CCC(N)C1. The van der Waals surface area contributed by atoms with Gasteiger partial charge < -0.3 is 16.0 Å². The maximum atomic E-state index is 11.8. The predicted octanol–water partition coefficient (Wildman–Crippen LogP) is 0.879. The van der Waals surface area contributed by atoms with Gasteiger partial charge in [0.2, 0.25) is 11.8 Å². The highest BCUT2D eigenvalue weighted by molar-refractivity contribution is 5.79. The minimum absolute atomic E-state index is 0.0773. The Kier molecular flexibility index (Phi) is 6.84. The van der Waals surface area contributed by atoms with Crippen LogP contribution in [-0.4, -0.2) is 42.4 Å². The molecule has 1 aliphatic carbocycles. The Morgan fingerprint density at radius 3 is 2.47 bits per heavy atom. The van der Waals surface area contributed by atoms with Crippen LogP contribution in [0.4, 0.5) is 0 Å². The first-order valence-corrected chi connectivity index (χ1v) is 7.39.